The first-order valence-corrected chi connectivity index (χ1v) is 8.71. The van der Waals surface area contributed by atoms with E-state index in [2.05, 4.69) is 10.3 Å². The molecule has 0 aliphatic heterocycles. The third kappa shape index (κ3) is 3.77. The number of carbonyl (C=O) groups excluding carboxylic acids is 1. The van der Waals surface area contributed by atoms with Crippen LogP contribution in [0, 0.1) is 5.92 Å². The van der Waals surface area contributed by atoms with Crippen LogP contribution in [-0.4, -0.2) is 23.1 Å². The predicted molar refractivity (Wildman–Crippen MR) is 86.8 cm³/mol. The lowest BCUT2D eigenvalue weighted by molar-refractivity contribution is -0.187. The Morgan fingerprint density at radius 1 is 1.17 bits per heavy atom. The summed E-state index contributed by atoms with van der Waals surface area (Å²) in [6.45, 7) is 0. The van der Waals surface area contributed by atoms with Gasteiger partial charge in [-0.15, -0.1) is 11.3 Å². The zero-order chi connectivity index (χ0) is 17.2. The Morgan fingerprint density at radius 3 is 2.58 bits per heavy atom. The number of hydrogen-bond donors (Lipinski definition) is 1. The van der Waals surface area contributed by atoms with Crippen LogP contribution in [0.25, 0.3) is 10.6 Å². The van der Waals surface area contributed by atoms with Crippen LogP contribution in [0.15, 0.2) is 35.7 Å². The number of carbonyl (C=O) groups is 1. The van der Waals surface area contributed by atoms with Crippen molar-refractivity contribution in [3.63, 3.8) is 0 Å². The molecule has 24 heavy (non-hydrogen) atoms. The second kappa shape index (κ2) is 6.93. The Kier molecular flexibility index (Phi) is 4.89. The third-order valence-electron chi connectivity index (χ3n) is 4.26. The van der Waals surface area contributed by atoms with Crippen molar-refractivity contribution in [1.29, 1.82) is 0 Å². The average Bonchev–Trinajstić information content (AvgIpc) is 3.05. The lowest BCUT2D eigenvalue weighted by Crippen LogP contribution is -2.47. The van der Waals surface area contributed by atoms with Crippen LogP contribution < -0.4 is 5.32 Å². The fourth-order valence-corrected chi connectivity index (χ4v) is 3.84. The van der Waals surface area contributed by atoms with Gasteiger partial charge in [0.1, 0.15) is 10.7 Å². The minimum Gasteiger partial charge on any atom is -0.347 e. The van der Waals surface area contributed by atoms with Gasteiger partial charge in [0.05, 0.1) is 5.92 Å². The van der Waals surface area contributed by atoms with E-state index in [-0.39, 0.29) is 12.1 Å². The molecular weight excluding hydrogens is 337 g/mol. The predicted octanol–water partition coefficient (Wildman–Crippen LogP) is 4.66. The average molecular weight is 354 g/mol. The molecule has 1 amide bonds. The van der Waals surface area contributed by atoms with Gasteiger partial charge in [-0.2, -0.15) is 13.2 Å². The molecule has 1 heterocycles. The first kappa shape index (κ1) is 17.0. The summed E-state index contributed by atoms with van der Waals surface area (Å²) in [6.07, 6.45) is -2.61. The van der Waals surface area contributed by atoms with Crippen molar-refractivity contribution < 1.29 is 18.0 Å². The minimum absolute atomic E-state index is 0.0702. The van der Waals surface area contributed by atoms with Crippen LogP contribution in [0.5, 0.6) is 0 Å². The normalized spacial score (nSPS) is 21.5. The Labute approximate surface area is 141 Å². The maximum atomic E-state index is 13.1. The van der Waals surface area contributed by atoms with Crippen molar-refractivity contribution in [2.24, 2.45) is 5.92 Å². The molecule has 2 aromatic rings. The fourth-order valence-electron chi connectivity index (χ4n) is 3.03. The number of thiazole rings is 1. The summed E-state index contributed by atoms with van der Waals surface area (Å²) < 4.78 is 39.3. The van der Waals surface area contributed by atoms with E-state index < -0.39 is 24.0 Å². The second-order valence-corrected chi connectivity index (χ2v) is 6.77. The molecule has 0 saturated heterocycles. The van der Waals surface area contributed by atoms with Crippen LogP contribution in [0.2, 0.25) is 0 Å². The largest absolute Gasteiger partial charge is 0.393 e. The summed E-state index contributed by atoms with van der Waals surface area (Å²) in [7, 11) is 0. The molecule has 1 saturated carbocycles. The minimum atomic E-state index is -4.28. The van der Waals surface area contributed by atoms with E-state index in [1.165, 1.54) is 11.3 Å². The molecule has 128 valence electrons. The maximum absolute atomic E-state index is 13.1. The number of nitrogens with one attached hydrogen (secondary N) is 1. The van der Waals surface area contributed by atoms with Gasteiger partial charge in [0, 0.05) is 17.0 Å². The van der Waals surface area contributed by atoms with Gasteiger partial charge in [0.25, 0.3) is 5.91 Å². The summed E-state index contributed by atoms with van der Waals surface area (Å²) in [4.78, 5) is 16.6. The van der Waals surface area contributed by atoms with E-state index in [1.54, 1.807) is 5.38 Å². The van der Waals surface area contributed by atoms with Crippen LogP contribution in [-0.2, 0) is 0 Å². The van der Waals surface area contributed by atoms with Gasteiger partial charge in [0.2, 0.25) is 0 Å². The van der Waals surface area contributed by atoms with Crippen LogP contribution >= 0.6 is 11.3 Å². The van der Waals surface area contributed by atoms with Crippen LogP contribution in [0.4, 0.5) is 13.2 Å². The van der Waals surface area contributed by atoms with E-state index in [0.29, 0.717) is 24.3 Å². The summed E-state index contributed by atoms with van der Waals surface area (Å²) >= 11 is 1.31. The van der Waals surface area contributed by atoms with E-state index in [9.17, 15) is 18.0 Å². The molecule has 3 nitrogen and oxygen atoms in total. The van der Waals surface area contributed by atoms with Gasteiger partial charge < -0.3 is 5.32 Å². The summed E-state index contributed by atoms with van der Waals surface area (Å²) in [5.74, 6) is -2.00. The Morgan fingerprint density at radius 2 is 1.88 bits per heavy atom. The lowest BCUT2D eigenvalue weighted by Gasteiger charge is -2.33. The number of alkyl halides is 3. The molecule has 2 atom stereocenters. The van der Waals surface area contributed by atoms with Gasteiger partial charge >= 0.3 is 6.18 Å². The van der Waals surface area contributed by atoms with Crippen molar-refractivity contribution in [3.05, 3.63) is 41.4 Å². The number of halogens is 3. The van der Waals surface area contributed by atoms with E-state index in [0.717, 1.165) is 5.56 Å². The van der Waals surface area contributed by atoms with Crippen molar-refractivity contribution in [3.8, 4) is 10.6 Å². The Balaban J connectivity index is 1.72. The number of aromatic nitrogens is 1. The highest BCUT2D eigenvalue weighted by atomic mass is 32.1. The number of amides is 1. The van der Waals surface area contributed by atoms with Gasteiger partial charge in [-0.25, -0.2) is 4.98 Å². The van der Waals surface area contributed by atoms with E-state index in [4.69, 9.17) is 0 Å². The van der Waals surface area contributed by atoms with Gasteiger partial charge in [-0.3, -0.25) is 4.79 Å². The SMILES string of the molecule is O=C(NC1CCCCC1C(F)(F)F)c1csc(-c2ccccc2)n1. The first-order valence-electron chi connectivity index (χ1n) is 7.83. The topological polar surface area (TPSA) is 42.0 Å². The molecule has 1 N–H and O–H groups in total. The van der Waals surface area contributed by atoms with Gasteiger partial charge in [0.15, 0.2) is 0 Å². The monoisotopic (exact) mass is 354 g/mol. The molecule has 1 aliphatic rings. The molecule has 1 aliphatic carbocycles. The Hall–Kier alpha value is -1.89. The molecule has 7 heteroatoms. The molecular formula is C17H17F3N2OS. The third-order valence-corrected chi connectivity index (χ3v) is 5.15. The van der Waals surface area contributed by atoms with Crippen LogP contribution in [0.3, 0.4) is 0 Å². The molecule has 0 bridgehead atoms. The standard InChI is InChI=1S/C17H17F3N2OS/c18-17(19,20)12-8-4-5-9-13(12)21-15(23)14-10-24-16(22-14)11-6-2-1-3-7-11/h1-3,6-7,10,12-13H,4-5,8-9H2,(H,21,23). The molecule has 1 aromatic heterocycles. The summed E-state index contributed by atoms with van der Waals surface area (Å²) in [6, 6.07) is 8.50. The zero-order valence-corrected chi connectivity index (χ0v) is 13.7. The zero-order valence-electron chi connectivity index (χ0n) is 12.8. The highest BCUT2D eigenvalue weighted by Gasteiger charge is 2.46. The highest BCUT2D eigenvalue weighted by molar-refractivity contribution is 7.13. The quantitative estimate of drug-likeness (QED) is 0.871. The molecule has 3 rings (SSSR count). The number of nitrogens with zero attached hydrogens (tertiary/aromatic N) is 1. The molecule has 0 radical (unpaired) electrons. The van der Waals surface area contributed by atoms with E-state index >= 15 is 0 Å². The smallest absolute Gasteiger partial charge is 0.347 e. The number of rotatable bonds is 3. The summed E-state index contributed by atoms with van der Waals surface area (Å²) in [5.41, 5.74) is 1.05. The fraction of sp³-hybridized carbons (Fsp3) is 0.412. The van der Waals surface area contributed by atoms with Crippen molar-refractivity contribution in [2.75, 3.05) is 0 Å². The van der Waals surface area contributed by atoms with Gasteiger partial charge in [-0.1, -0.05) is 43.2 Å². The Bertz CT molecular complexity index is 699. The lowest BCUT2D eigenvalue weighted by atomic mass is 9.84. The molecule has 1 aromatic carbocycles. The van der Waals surface area contributed by atoms with Crippen molar-refractivity contribution in [2.45, 2.75) is 37.9 Å². The molecule has 0 spiro atoms. The van der Waals surface area contributed by atoms with Crippen molar-refractivity contribution in [1.82, 2.24) is 10.3 Å². The number of benzene rings is 1. The molecule has 1 fully saturated rings. The maximum Gasteiger partial charge on any atom is 0.393 e. The van der Waals surface area contributed by atoms with Crippen LogP contribution in [0.1, 0.15) is 36.2 Å². The van der Waals surface area contributed by atoms with E-state index in [1.807, 2.05) is 30.3 Å². The van der Waals surface area contributed by atoms with Crippen molar-refractivity contribution >= 4 is 17.2 Å². The highest BCUT2D eigenvalue weighted by Crippen LogP contribution is 2.37. The molecule has 2 unspecified atom stereocenters. The summed E-state index contributed by atoms with van der Waals surface area (Å²) in [5, 5.41) is 4.81. The second-order valence-electron chi connectivity index (χ2n) is 5.92. The van der Waals surface area contributed by atoms with Gasteiger partial charge in [-0.05, 0) is 12.8 Å². The first-order chi connectivity index (χ1) is 11.4. The number of hydrogen-bond acceptors (Lipinski definition) is 3.